The Morgan fingerprint density at radius 3 is 2.74 bits per heavy atom. The van der Waals surface area contributed by atoms with E-state index < -0.39 is 0 Å². The minimum atomic E-state index is 0.00366. The Morgan fingerprint density at radius 1 is 1.21 bits per heavy atom. The first-order chi connectivity index (χ1) is 9.22. The average molecular weight is 263 g/mol. The number of para-hydroxylation sites is 1. The molecule has 0 saturated carbocycles. The molecule has 1 amide bonds. The highest BCUT2D eigenvalue weighted by atomic mass is 16.3. The van der Waals surface area contributed by atoms with Gasteiger partial charge in [-0.2, -0.15) is 0 Å². The quantitative estimate of drug-likeness (QED) is 0.775. The molecule has 1 aromatic carbocycles. The number of nitrogen functional groups attached to an aromatic ring is 1. The first-order valence-electron chi connectivity index (χ1n) is 6.69. The molecule has 0 atom stereocenters. The SMILES string of the molecule is Nc1ccccc1C(=O)N1CCCN(CCO)CC1. The van der Waals surface area contributed by atoms with Gasteiger partial charge in [0.15, 0.2) is 0 Å². The second-order valence-corrected chi connectivity index (χ2v) is 4.80. The number of aliphatic hydroxyl groups is 1. The summed E-state index contributed by atoms with van der Waals surface area (Å²) in [4.78, 5) is 16.4. The van der Waals surface area contributed by atoms with E-state index in [1.807, 2.05) is 17.0 Å². The average Bonchev–Trinajstić information content (AvgIpc) is 2.65. The van der Waals surface area contributed by atoms with Gasteiger partial charge in [0.1, 0.15) is 0 Å². The fourth-order valence-electron chi connectivity index (χ4n) is 2.40. The Balaban J connectivity index is 2.02. The van der Waals surface area contributed by atoms with E-state index in [2.05, 4.69) is 4.90 Å². The number of nitrogens with two attached hydrogens (primary N) is 1. The van der Waals surface area contributed by atoms with Gasteiger partial charge in [0, 0.05) is 31.9 Å². The predicted molar refractivity (Wildman–Crippen MR) is 74.9 cm³/mol. The number of hydrogen-bond donors (Lipinski definition) is 2. The van der Waals surface area contributed by atoms with Gasteiger partial charge in [0.05, 0.1) is 12.2 Å². The van der Waals surface area contributed by atoms with E-state index in [1.54, 1.807) is 12.1 Å². The van der Waals surface area contributed by atoms with Crippen LogP contribution in [0.4, 0.5) is 5.69 Å². The number of aliphatic hydroxyl groups excluding tert-OH is 1. The molecular formula is C14H21N3O2. The molecule has 1 saturated heterocycles. The van der Waals surface area contributed by atoms with Crippen LogP contribution in [0.15, 0.2) is 24.3 Å². The molecule has 0 unspecified atom stereocenters. The Bertz CT molecular complexity index is 436. The molecule has 1 aliphatic rings. The maximum Gasteiger partial charge on any atom is 0.255 e. The molecular weight excluding hydrogens is 242 g/mol. The highest BCUT2D eigenvalue weighted by Gasteiger charge is 2.21. The van der Waals surface area contributed by atoms with Gasteiger partial charge < -0.3 is 15.7 Å². The van der Waals surface area contributed by atoms with Gasteiger partial charge >= 0.3 is 0 Å². The maximum atomic E-state index is 12.4. The van der Waals surface area contributed by atoms with Crippen molar-refractivity contribution in [3.63, 3.8) is 0 Å². The predicted octanol–water partition coefficient (Wildman–Crippen LogP) is 0.409. The third-order valence-corrected chi connectivity index (χ3v) is 3.48. The van der Waals surface area contributed by atoms with Crippen molar-refractivity contribution in [1.82, 2.24) is 9.80 Å². The zero-order valence-corrected chi connectivity index (χ0v) is 11.1. The van der Waals surface area contributed by atoms with Gasteiger partial charge in [-0.3, -0.25) is 9.69 Å². The van der Waals surface area contributed by atoms with Crippen LogP contribution in [0.5, 0.6) is 0 Å². The number of carbonyl (C=O) groups is 1. The Hall–Kier alpha value is -1.59. The summed E-state index contributed by atoms with van der Waals surface area (Å²) in [6.45, 7) is 4.00. The molecule has 0 bridgehead atoms. The number of hydrogen-bond acceptors (Lipinski definition) is 4. The van der Waals surface area contributed by atoms with E-state index in [9.17, 15) is 4.79 Å². The third kappa shape index (κ3) is 3.45. The molecule has 104 valence electrons. The lowest BCUT2D eigenvalue weighted by Crippen LogP contribution is -2.36. The number of rotatable bonds is 3. The molecule has 0 radical (unpaired) electrons. The number of nitrogens with zero attached hydrogens (tertiary/aromatic N) is 2. The highest BCUT2D eigenvalue weighted by molar-refractivity contribution is 5.99. The van der Waals surface area contributed by atoms with E-state index in [4.69, 9.17) is 10.8 Å². The zero-order valence-electron chi connectivity index (χ0n) is 11.1. The zero-order chi connectivity index (χ0) is 13.7. The van der Waals surface area contributed by atoms with Crippen LogP contribution in [-0.4, -0.2) is 60.1 Å². The number of carbonyl (C=O) groups excluding carboxylic acids is 1. The molecule has 0 aromatic heterocycles. The van der Waals surface area contributed by atoms with Crippen molar-refractivity contribution < 1.29 is 9.90 Å². The number of benzene rings is 1. The van der Waals surface area contributed by atoms with Crippen molar-refractivity contribution in [1.29, 1.82) is 0 Å². The molecule has 5 nitrogen and oxygen atoms in total. The summed E-state index contributed by atoms with van der Waals surface area (Å²) in [6, 6.07) is 7.19. The van der Waals surface area contributed by atoms with Crippen molar-refractivity contribution >= 4 is 11.6 Å². The van der Waals surface area contributed by atoms with Crippen LogP contribution in [0.3, 0.4) is 0 Å². The Labute approximate surface area is 113 Å². The summed E-state index contributed by atoms with van der Waals surface area (Å²) in [5, 5.41) is 8.96. The molecule has 2 rings (SSSR count). The summed E-state index contributed by atoms with van der Waals surface area (Å²) >= 11 is 0. The Kier molecular flexibility index (Phi) is 4.76. The summed E-state index contributed by atoms with van der Waals surface area (Å²) in [5.74, 6) is 0.00366. The standard InChI is InChI=1S/C14H21N3O2/c15-13-5-2-1-4-12(13)14(19)17-7-3-6-16(8-9-17)10-11-18/h1-2,4-5,18H,3,6-11,15H2. The summed E-state index contributed by atoms with van der Waals surface area (Å²) in [6.07, 6.45) is 0.929. The van der Waals surface area contributed by atoms with Crippen LogP contribution in [-0.2, 0) is 0 Å². The normalized spacial score (nSPS) is 17.2. The van der Waals surface area contributed by atoms with Crippen molar-refractivity contribution in [2.75, 3.05) is 45.1 Å². The third-order valence-electron chi connectivity index (χ3n) is 3.48. The van der Waals surface area contributed by atoms with Gasteiger partial charge in [-0.05, 0) is 25.1 Å². The summed E-state index contributed by atoms with van der Waals surface area (Å²) in [7, 11) is 0. The molecule has 1 aliphatic heterocycles. The van der Waals surface area contributed by atoms with Crippen LogP contribution in [0.2, 0.25) is 0 Å². The number of amides is 1. The molecule has 1 aromatic rings. The van der Waals surface area contributed by atoms with Gasteiger partial charge in [-0.15, -0.1) is 0 Å². The van der Waals surface area contributed by atoms with Gasteiger partial charge in [0.2, 0.25) is 0 Å². The first kappa shape index (κ1) is 13.8. The topological polar surface area (TPSA) is 69.8 Å². The first-order valence-corrected chi connectivity index (χ1v) is 6.69. The van der Waals surface area contributed by atoms with E-state index in [0.717, 1.165) is 26.1 Å². The van der Waals surface area contributed by atoms with E-state index in [0.29, 0.717) is 24.3 Å². The molecule has 5 heteroatoms. The minimum absolute atomic E-state index is 0.00366. The lowest BCUT2D eigenvalue weighted by atomic mass is 10.1. The van der Waals surface area contributed by atoms with E-state index >= 15 is 0 Å². The number of anilines is 1. The summed E-state index contributed by atoms with van der Waals surface area (Å²) < 4.78 is 0. The van der Waals surface area contributed by atoms with Crippen LogP contribution in [0.25, 0.3) is 0 Å². The van der Waals surface area contributed by atoms with Crippen LogP contribution in [0, 0.1) is 0 Å². The fourth-order valence-corrected chi connectivity index (χ4v) is 2.40. The second-order valence-electron chi connectivity index (χ2n) is 4.80. The van der Waals surface area contributed by atoms with Gasteiger partial charge in [0.25, 0.3) is 5.91 Å². The molecule has 1 heterocycles. The lowest BCUT2D eigenvalue weighted by Gasteiger charge is -2.22. The lowest BCUT2D eigenvalue weighted by molar-refractivity contribution is 0.0761. The van der Waals surface area contributed by atoms with Crippen molar-refractivity contribution in [3.05, 3.63) is 29.8 Å². The van der Waals surface area contributed by atoms with Crippen LogP contribution >= 0.6 is 0 Å². The fraction of sp³-hybridized carbons (Fsp3) is 0.500. The van der Waals surface area contributed by atoms with Gasteiger partial charge in [-0.25, -0.2) is 0 Å². The molecule has 3 N–H and O–H groups in total. The summed E-state index contributed by atoms with van der Waals surface area (Å²) in [5.41, 5.74) is 6.96. The van der Waals surface area contributed by atoms with Crippen molar-refractivity contribution in [3.8, 4) is 0 Å². The van der Waals surface area contributed by atoms with Gasteiger partial charge in [-0.1, -0.05) is 12.1 Å². The largest absolute Gasteiger partial charge is 0.398 e. The molecule has 19 heavy (non-hydrogen) atoms. The van der Waals surface area contributed by atoms with Crippen LogP contribution < -0.4 is 5.73 Å². The molecule has 1 fully saturated rings. The second kappa shape index (κ2) is 6.54. The van der Waals surface area contributed by atoms with Crippen molar-refractivity contribution in [2.45, 2.75) is 6.42 Å². The smallest absolute Gasteiger partial charge is 0.255 e. The van der Waals surface area contributed by atoms with Crippen LogP contribution in [0.1, 0.15) is 16.8 Å². The molecule has 0 spiro atoms. The maximum absolute atomic E-state index is 12.4. The van der Waals surface area contributed by atoms with E-state index in [1.165, 1.54) is 0 Å². The Morgan fingerprint density at radius 2 is 2.00 bits per heavy atom. The number of β-amino-alcohol motifs (C(OH)–C–C–N with tert-alkyl or cyclic N) is 1. The minimum Gasteiger partial charge on any atom is -0.398 e. The monoisotopic (exact) mass is 263 g/mol. The molecule has 0 aliphatic carbocycles. The van der Waals surface area contributed by atoms with E-state index in [-0.39, 0.29) is 12.5 Å². The highest BCUT2D eigenvalue weighted by Crippen LogP contribution is 2.15. The van der Waals surface area contributed by atoms with Crippen molar-refractivity contribution in [2.24, 2.45) is 0 Å².